The second kappa shape index (κ2) is 10.7. The van der Waals surface area contributed by atoms with Gasteiger partial charge in [0.05, 0.1) is 6.54 Å². The minimum absolute atomic E-state index is 0. The number of rotatable bonds is 8. The van der Waals surface area contributed by atoms with Gasteiger partial charge in [0.2, 0.25) is 5.91 Å². The van der Waals surface area contributed by atoms with Gasteiger partial charge in [0, 0.05) is 31.0 Å². The molecule has 1 fully saturated rings. The van der Waals surface area contributed by atoms with Crippen LogP contribution in [0.3, 0.4) is 0 Å². The first-order valence-electron chi connectivity index (χ1n) is 8.98. The van der Waals surface area contributed by atoms with Gasteiger partial charge in [-0.05, 0) is 37.5 Å². The predicted octanol–water partition coefficient (Wildman–Crippen LogP) is 2.80. The summed E-state index contributed by atoms with van der Waals surface area (Å²) in [5.41, 5.74) is 0.848. The van der Waals surface area contributed by atoms with E-state index in [-0.39, 0.29) is 47.0 Å². The maximum absolute atomic E-state index is 13.1. The maximum Gasteiger partial charge on any atom is 0.223 e. The molecule has 0 atom stereocenters. The molecular weight excluding hydrogens is 446 g/mol. The van der Waals surface area contributed by atoms with Crippen LogP contribution in [-0.4, -0.2) is 38.0 Å². The van der Waals surface area contributed by atoms with Crippen molar-refractivity contribution in [2.24, 2.45) is 10.9 Å². The van der Waals surface area contributed by atoms with Crippen LogP contribution in [0.4, 0.5) is 4.39 Å². The SMILES string of the molecule is CCNC(=NCC(C)(C)c1ccc(F)cc1)NCCNC(=O)C1CC1.I. The van der Waals surface area contributed by atoms with Gasteiger partial charge in [0.1, 0.15) is 5.82 Å². The number of hydrogen-bond acceptors (Lipinski definition) is 2. The number of aliphatic imine (C=N–C) groups is 1. The van der Waals surface area contributed by atoms with Gasteiger partial charge in [-0.25, -0.2) is 4.39 Å². The Kier molecular flexibility index (Phi) is 9.32. The summed E-state index contributed by atoms with van der Waals surface area (Å²) in [6.07, 6.45) is 2.03. The highest BCUT2D eigenvalue weighted by Crippen LogP contribution is 2.28. The van der Waals surface area contributed by atoms with Crippen LogP contribution in [-0.2, 0) is 10.2 Å². The molecular formula is C19H30FIN4O. The molecule has 146 valence electrons. The Balaban J connectivity index is 0.00000338. The van der Waals surface area contributed by atoms with Crippen molar-refractivity contribution in [3.63, 3.8) is 0 Å². The Morgan fingerprint density at radius 2 is 1.77 bits per heavy atom. The summed E-state index contributed by atoms with van der Waals surface area (Å²) in [6, 6.07) is 6.57. The second-order valence-corrected chi connectivity index (χ2v) is 7.08. The van der Waals surface area contributed by atoms with E-state index in [1.165, 1.54) is 12.1 Å². The second-order valence-electron chi connectivity index (χ2n) is 7.08. The van der Waals surface area contributed by atoms with Crippen molar-refractivity contribution in [2.75, 3.05) is 26.2 Å². The van der Waals surface area contributed by atoms with Gasteiger partial charge < -0.3 is 16.0 Å². The number of amides is 1. The summed E-state index contributed by atoms with van der Waals surface area (Å²) >= 11 is 0. The molecule has 1 saturated carbocycles. The minimum Gasteiger partial charge on any atom is -0.357 e. The average molecular weight is 476 g/mol. The summed E-state index contributed by atoms with van der Waals surface area (Å²) in [5.74, 6) is 0.879. The lowest BCUT2D eigenvalue weighted by Gasteiger charge is -2.24. The predicted molar refractivity (Wildman–Crippen MR) is 115 cm³/mol. The minimum atomic E-state index is -0.230. The molecule has 1 amide bonds. The zero-order valence-corrected chi connectivity index (χ0v) is 18.1. The van der Waals surface area contributed by atoms with Crippen molar-refractivity contribution in [2.45, 2.75) is 39.0 Å². The summed E-state index contributed by atoms with van der Waals surface area (Å²) in [6.45, 7) is 8.73. The third-order valence-corrected chi connectivity index (χ3v) is 4.27. The van der Waals surface area contributed by atoms with Crippen molar-refractivity contribution >= 4 is 35.8 Å². The third kappa shape index (κ3) is 7.47. The highest BCUT2D eigenvalue weighted by Gasteiger charge is 2.29. The fourth-order valence-electron chi connectivity index (χ4n) is 2.47. The first kappa shape index (κ1) is 22.7. The molecule has 5 nitrogen and oxygen atoms in total. The summed E-state index contributed by atoms with van der Waals surface area (Å²) in [7, 11) is 0. The van der Waals surface area contributed by atoms with Crippen LogP contribution in [0.5, 0.6) is 0 Å². The topological polar surface area (TPSA) is 65.5 Å². The summed E-state index contributed by atoms with van der Waals surface area (Å²) < 4.78 is 13.1. The molecule has 1 aromatic carbocycles. The Labute approximate surface area is 172 Å². The van der Waals surface area contributed by atoms with Gasteiger partial charge in [-0.2, -0.15) is 0 Å². The monoisotopic (exact) mass is 476 g/mol. The Morgan fingerprint density at radius 1 is 1.15 bits per heavy atom. The highest BCUT2D eigenvalue weighted by atomic mass is 127. The maximum atomic E-state index is 13.1. The number of carbonyl (C=O) groups excluding carboxylic acids is 1. The van der Waals surface area contributed by atoms with Gasteiger partial charge in [0.15, 0.2) is 5.96 Å². The van der Waals surface area contributed by atoms with E-state index in [1.54, 1.807) is 12.1 Å². The molecule has 7 heteroatoms. The lowest BCUT2D eigenvalue weighted by molar-refractivity contribution is -0.122. The molecule has 1 aromatic rings. The van der Waals surface area contributed by atoms with Gasteiger partial charge in [-0.15, -0.1) is 24.0 Å². The number of carbonyl (C=O) groups is 1. The molecule has 0 saturated heterocycles. The van der Waals surface area contributed by atoms with E-state index in [4.69, 9.17) is 0 Å². The standard InChI is InChI=1S/C19H29FN4O.HI/c1-4-21-18(23-12-11-22-17(25)14-5-6-14)24-13-19(2,3)15-7-9-16(20)10-8-15;/h7-10,14H,4-6,11-13H2,1-3H3,(H,22,25)(H2,21,23,24);1H. The van der Waals surface area contributed by atoms with Gasteiger partial charge >= 0.3 is 0 Å². The number of guanidine groups is 1. The highest BCUT2D eigenvalue weighted by molar-refractivity contribution is 14.0. The van der Waals surface area contributed by atoms with E-state index in [9.17, 15) is 9.18 Å². The van der Waals surface area contributed by atoms with Crippen LogP contribution in [0, 0.1) is 11.7 Å². The third-order valence-electron chi connectivity index (χ3n) is 4.27. The van der Waals surface area contributed by atoms with E-state index >= 15 is 0 Å². The van der Waals surface area contributed by atoms with Crippen LogP contribution in [0.15, 0.2) is 29.3 Å². The Morgan fingerprint density at radius 3 is 2.35 bits per heavy atom. The molecule has 0 aromatic heterocycles. The Bertz CT molecular complexity index is 600. The van der Waals surface area contributed by atoms with Crippen molar-refractivity contribution in [3.8, 4) is 0 Å². The molecule has 2 rings (SSSR count). The van der Waals surface area contributed by atoms with Crippen LogP contribution in [0.1, 0.15) is 39.2 Å². The van der Waals surface area contributed by atoms with Gasteiger partial charge in [-0.1, -0.05) is 26.0 Å². The molecule has 26 heavy (non-hydrogen) atoms. The molecule has 1 aliphatic carbocycles. The van der Waals surface area contributed by atoms with Crippen LogP contribution in [0.25, 0.3) is 0 Å². The van der Waals surface area contributed by atoms with Crippen molar-refractivity contribution in [1.82, 2.24) is 16.0 Å². The van der Waals surface area contributed by atoms with E-state index in [0.717, 1.165) is 30.9 Å². The normalized spacial score (nSPS) is 14.4. The summed E-state index contributed by atoms with van der Waals surface area (Å²) in [4.78, 5) is 16.2. The number of hydrogen-bond donors (Lipinski definition) is 3. The van der Waals surface area contributed by atoms with Crippen LogP contribution < -0.4 is 16.0 Å². The lowest BCUT2D eigenvalue weighted by atomic mass is 9.85. The zero-order chi connectivity index (χ0) is 18.3. The first-order chi connectivity index (χ1) is 11.9. The molecule has 0 heterocycles. The summed E-state index contributed by atoms with van der Waals surface area (Å²) in [5, 5.41) is 9.36. The molecule has 0 spiro atoms. The van der Waals surface area contributed by atoms with Gasteiger partial charge in [-0.3, -0.25) is 9.79 Å². The van der Waals surface area contributed by atoms with Gasteiger partial charge in [0.25, 0.3) is 0 Å². The molecule has 1 aliphatic rings. The first-order valence-corrected chi connectivity index (χ1v) is 8.98. The van der Waals surface area contributed by atoms with Crippen molar-refractivity contribution in [1.29, 1.82) is 0 Å². The molecule has 0 radical (unpaired) electrons. The molecule has 0 unspecified atom stereocenters. The number of benzene rings is 1. The Hall–Kier alpha value is -1.38. The van der Waals surface area contributed by atoms with E-state index in [2.05, 4.69) is 34.8 Å². The fraction of sp³-hybridized carbons (Fsp3) is 0.579. The van der Waals surface area contributed by atoms with Crippen molar-refractivity contribution in [3.05, 3.63) is 35.6 Å². The largest absolute Gasteiger partial charge is 0.357 e. The zero-order valence-electron chi connectivity index (χ0n) is 15.8. The molecule has 3 N–H and O–H groups in total. The van der Waals surface area contributed by atoms with E-state index < -0.39 is 0 Å². The van der Waals surface area contributed by atoms with Crippen LogP contribution in [0.2, 0.25) is 0 Å². The van der Waals surface area contributed by atoms with E-state index in [0.29, 0.717) is 19.6 Å². The fourth-order valence-corrected chi connectivity index (χ4v) is 2.47. The smallest absolute Gasteiger partial charge is 0.223 e. The van der Waals surface area contributed by atoms with Crippen molar-refractivity contribution < 1.29 is 9.18 Å². The number of nitrogens with one attached hydrogen (secondary N) is 3. The van der Waals surface area contributed by atoms with E-state index in [1.807, 2.05) is 6.92 Å². The van der Waals surface area contributed by atoms with Crippen LogP contribution >= 0.6 is 24.0 Å². The molecule has 0 aliphatic heterocycles. The number of halogens is 2. The lowest BCUT2D eigenvalue weighted by Crippen LogP contribution is -2.42. The molecule has 0 bridgehead atoms. The quantitative estimate of drug-likeness (QED) is 0.234. The average Bonchev–Trinajstić information content (AvgIpc) is 3.41. The number of nitrogens with zero attached hydrogens (tertiary/aromatic N) is 1.